The van der Waals surface area contributed by atoms with E-state index in [1.807, 2.05) is 20.8 Å². The molecular formula is C23H37NO5. The first-order valence-electron chi connectivity index (χ1n) is 11.1. The Morgan fingerprint density at radius 1 is 1.24 bits per heavy atom. The van der Waals surface area contributed by atoms with Crippen LogP contribution in [-0.2, 0) is 14.3 Å². The minimum Gasteiger partial charge on any atom is -0.458 e. The average Bonchev–Trinajstić information content (AvgIpc) is 3.32. The van der Waals surface area contributed by atoms with Crippen molar-refractivity contribution in [2.45, 2.75) is 96.7 Å². The highest BCUT2D eigenvalue weighted by Gasteiger charge is 2.41. The minimum absolute atomic E-state index is 0.0365. The minimum atomic E-state index is -0.552. The summed E-state index contributed by atoms with van der Waals surface area (Å²) in [6.07, 6.45) is 5.80. The Kier molecular flexibility index (Phi) is 7.05. The standard InChI is InChI=1S/C23H37NO5/c1-14(2)10-15-11-17(12-15)22-20(16-6-7-16)21(24-29-22)18(8-9-25)27-13-19(26)28-23(3,4)5/h14-18,25H,6-13H2,1-5H3. The third kappa shape index (κ3) is 6.05. The molecule has 1 aromatic heterocycles. The van der Waals surface area contributed by atoms with Gasteiger partial charge >= 0.3 is 5.97 Å². The number of aromatic nitrogens is 1. The van der Waals surface area contributed by atoms with Crippen molar-refractivity contribution in [2.75, 3.05) is 13.2 Å². The van der Waals surface area contributed by atoms with Crippen LogP contribution in [0.3, 0.4) is 0 Å². The van der Waals surface area contributed by atoms with Gasteiger partial charge in [0.25, 0.3) is 0 Å². The van der Waals surface area contributed by atoms with Gasteiger partial charge in [-0.3, -0.25) is 0 Å². The Balaban J connectivity index is 1.69. The monoisotopic (exact) mass is 407 g/mol. The molecule has 0 amide bonds. The van der Waals surface area contributed by atoms with Crippen LogP contribution in [0.4, 0.5) is 0 Å². The quantitative estimate of drug-likeness (QED) is 0.557. The van der Waals surface area contributed by atoms with Gasteiger partial charge in [0.1, 0.15) is 29.8 Å². The molecule has 2 saturated carbocycles. The lowest BCUT2D eigenvalue weighted by molar-refractivity contribution is -0.162. The van der Waals surface area contributed by atoms with E-state index in [1.165, 1.54) is 12.0 Å². The second kappa shape index (κ2) is 9.17. The zero-order chi connectivity index (χ0) is 21.2. The molecule has 0 spiro atoms. The molecule has 0 bridgehead atoms. The van der Waals surface area contributed by atoms with Crippen molar-refractivity contribution in [1.29, 1.82) is 0 Å². The first-order valence-corrected chi connectivity index (χ1v) is 11.1. The first-order chi connectivity index (χ1) is 13.7. The second-order valence-corrected chi connectivity index (χ2v) is 10.2. The Bertz CT molecular complexity index is 680. The van der Waals surface area contributed by atoms with Gasteiger partial charge in [-0.1, -0.05) is 19.0 Å². The van der Waals surface area contributed by atoms with Crippen LogP contribution in [0.5, 0.6) is 0 Å². The van der Waals surface area contributed by atoms with Crippen molar-refractivity contribution in [3.05, 3.63) is 17.0 Å². The van der Waals surface area contributed by atoms with E-state index < -0.39 is 17.7 Å². The fourth-order valence-electron chi connectivity index (χ4n) is 4.40. The number of nitrogens with zero attached hydrogens (tertiary/aromatic N) is 1. The molecule has 1 atom stereocenters. The molecule has 0 saturated heterocycles. The molecule has 2 fully saturated rings. The second-order valence-electron chi connectivity index (χ2n) is 10.2. The summed E-state index contributed by atoms with van der Waals surface area (Å²) in [5.41, 5.74) is 1.40. The van der Waals surface area contributed by atoms with E-state index in [9.17, 15) is 9.90 Å². The van der Waals surface area contributed by atoms with Gasteiger partial charge in [-0.15, -0.1) is 0 Å². The van der Waals surface area contributed by atoms with Crippen LogP contribution in [0.25, 0.3) is 0 Å². The van der Waals surface area contributed by atoms with Gasteiger partial charge in [0, 0.05) is 24.5 Å². The third-order valence-electron chi connectivity index (χ3n) is 5.70. The van der Waals surface area contributed by atoms with Crippen LogP contribution in [-0.4, -0.2) is 35.0 Å². The Labute approximate surface area is 174 Å². The Morgan fingerprint density at radius 3 is 2.48 bits per heavy atom. The van der Waals surface area contributed by atoms with Crippen LogP contribution in [0.2, 0.25) is 0 Å². The predicted molar refractivity (Wildman–Crippen MR) is 110 cm³/mol. The summed E-state index contributed by atoms with van der Waals surface area (Å²) in [7, 11) is 0. The third-order valence-corrected chi connectivity index (χ3v) is 5.70. The van der Waals surface area contributed by atoms with Gasteiger partial charge < -0.3 is 19.1 Å². The van der Waals surface area contributed by atoms with Gasteiger partial charge in [-0.2, -0.15) is 0 Å². The van der Waals surface area contributed by atoms with Gasteiger partial charge in [0.15, 0.2) is 0 Å². The molecular weight excluding hydrogens is 370 g/mol. The van der Waals surface area contributed by atoms with Crippen molar-refractivity contribution >= 4 is 5.97 Å². The number of ether oxygens (including phenoxy) is 2. The highest BCUT2D eigenvalue weighted by molar-refractivity contribution is 5.71. The van der Waals surface area contributed by atoms with Crippen LogP contribution < -0.4 is 0 Å². The molecule has 1 aromatic rings. The van der Waals surface area contributed by atoms with Crippen LogP contribution in [0, 0.1) is 11.8 Å². The van der Waals surface area contributed by atoms with Gasteiger partial charge in [0.2, 0.25) is 0 Å². The lowest BCUT2D eigenvalue weighted by Gasteiger charge is -2.35. The van der Waals surface area contributed by atoms with Gasteiger partial charge in [-0.05, 0) is 70.6 Å². The van der Waals surface area contributed by atoms with Gasteiger partial charge in [-0.25, -0.2) is 4.79 Å². The van der Waals surface area contributed by atoms with Crippen molar-refractivity contribution in [3.63, 3.8) is 0 Å². The molecule has 3 rings (SSSR count). The van der Waals surface area contributed by atoms with Crippen molar-refractivity contribution < 1.29 is 23.9 Å². The van der Waals surface area contributed by atoms with E-state index in [4.69, 9.17) is 14.0 Å². The summed E-state index contributed by atoms with van der Waals surface area (Å²) in [6.45, 7) is 9.84. The summed E-state index contributed by atoms with van der Waals surface area (Å²) < 4.78 is 17.0. The lowest BCUT2D eigenvalue weighted by Crippen LogP contribution is -2.27. The topological polar surface area (TPSA) is 81.8 Å². The number of carbonyl (C=O) groups excluding carboxylic acids is 1. The molecule has 164 valence electrons. The van der Waals surface area contributed by atoms with Gasteiger partial charge in [0.05, 0.1) is 0 Å². The molecule has 1 N–H and O–H groups in total. The molecule has 0 radical (unpaired) electrons. The van der Waals surface area contributed by atoms with Crippen LogP contribution in [0.15, 0.2) is 4.52 Å². The molecule has 0 aromatic carbocycles. The number of esters is 1. The Hall–Kier alpha value is -1.40. The summed E-state index contributed by atoms with van der Waals surface area (Å²) >= 11 is 0. The first kappa shape index (κ1) is 22.3. The number of hydrogen-bond donors (Lipinski definition) is 1. The fourth-order valence-corrected chi connectivity index (χ4v) is 4.40. The summed E-state index contributed by atoms with van der Waals surface area (Å²) in [4.78, 5) is 12.1. The van der Waals surface area contributed by atoms with Crippen LogP contribution in [0.1, 0.15) is 108 Å². The smallest absolute Gasteiger partial charge is 0.332 e. The number of carbonyl (C=O) groups is 1. The Morgan fingerprint density at radius 2 is 1.93 bits per heavy atom. The van der Waals surface area contributed by atoms with E-state index in [1.54, 1.807) is 0 Å². The SMILES string of the molecule is CC(C)CC1CC(c2onc(C(CCO)OCC(=O)OC(C)(C)C)c2C2CC2)C1. The van der Waals surface area contributed by atoms with E-state index in [-0.39, 0.29) is 13.2 Å². The molecule has 6 heteroatoms. The summed E-state index contributed by atoms with van der Waals surface area (Å²) in [6, 6.07) is 0. The summed E-state index contributed by atoms with van der Waals surface area (Å²) in [5.74, 6) is 3.03. The molecule has 1 unspecified atom stereocenters. The highest BCUT2D eigenvalue weighted by Crippen LogP contribution is 2.52. The number of aliphatic hydroxyl groups is 1. The highest BCUT2D eigenvalue weighted by atomic mass is 16.6. The number of rotatable bonds is 10. The molecule has 2 aliphatic carbocycles. The predicted octanol–water partition coefficient (Wildman–Crippen LogP) is 4.87. The molecule has 6 nitrogen and oxygen atoms in total. The van der Waals surface area contributed by atoms with Crippen molar-refractivity contribution in [1.82, 2.24) is 5.16 Å². The average molecular weight is 408 g/mol. The number of hydrogen-bond acceptors (Lipinski definition) is 6. The molecule has 2 aliphatic rings. The molecule has 29 heavy (non-hydrogen) atoms. The van der Waals surface area contributed by atoms with E-state index in [0.29, 0.717) is 18.3 Å². The largest absolute Gasteiger partial charge is 0.458 e. The maximum absolute atomic E-state index is 12.1. The van der Waals surface area contributed by atoms with Crippen molar-refractivity contribution in [3.8, 4) is 0 Å². The zero-order valence-electron chi connectivity index (χ0n) is 18.6. The maximum atomic E-state index is 12.1. The fraction of sp³-hybridized carbons (Fsp3) is 0.826. The number of aliphatic hydroxyl groups excluding tert-OH is 1. The molecule has 1 heterocycles. The van der Waals surface area contributed by atoms with E-state index in [2.05, 4.69) is 19.0 Å². The normalized spacial score (nSPS) is 23.1. The van der Waals surface area contributed by atoms with E-state index >= 15 is 0 Å². The molecule has 0 aliphatic heterocycles. The lowest BCUT2D eigenvalue weighted by atomic mass is 9.69. The zero-order valence-corrected chi connectivity index (χ0v) is 18.6. The van der Waals surface area contributed by atoms with Crippen LogP contribution >= 0.6 is 0 Å². The summed E-state index contributed by atoms with van der Waals surface area (Å²) in [5, 5.41) is 13.9. The van der Waals surface area contributed by atoms with Crippen molar-refractivity contribution in [2.24, 2.45) is 11.8 Å². The van der Waals surface area contributed by atoms with E-state index in [0.717, 1.165) is 49.0 Å². The maximum Gasteiger partial charge on any atom is 0.332 e.